The second kappa shape index (κ2) is 23.0. The van der Waals surface area contributed by atoms with E-state index in [4.69, 9.17) is 10.4 Å². The first-order valence-electron chi connectivity index (χ1n) is 4.56. The van der Waals surface area contributed by atoms with Crippen LogP contribution < -0.4 is 10.6 Å². The van der Waals surface area contributed by atoms with E-state index in [0.29, 0.717) is 19.8 Å². The average molecular weight is 212 g/mol. The minimum atomic E-state index is 0. The van der Waals surface area contributed by atoms with Crippen LogP contribution in [-0.2, 0) is 4.89 Å². The molecule has 0 saturated carbocycles. The third kappa shape index (κ3) is 29.8. The Morgan fingerprint density at radius 3 is 2.21 bits per heavy atom. The van der Waals surface area contributed by atoms with Crippen LogP contribution in [-0.4, -0.2) is 55.7 Å². The van der Waals surface area contributed by atoms with Gasteiger partial charge in [0.2, 0.25) is 0 Å². The van der Waals surface area contributed by atoms with Gasteiger partial charge in [-0.2, -0.15) is 0 Å². The fraction of sp³-hybridized carbons (Fsp3) is 1.00. The van der Waals surface area contributed by atoms with Crippen LogP contribution in [0.4, 0.5) is 0 Å². The fourth-order valence-corrected chi connectivity index (χ4v) is 0.550. The molecule has 0 rings (SSSR count). The molecule has 0 aliphatic carbocycles. The molecule has 0 aliphatic rings. The molecule has 0 atom stereocenters. The number of rotatable bonds is 7. The molecule has 0 amide bonds. The van der Waals surface area contributed by atoms with E-state index in [-0.39, 0.29) is 5.48 Å². The SMILES string of the molecule is CCNCCOO.CNCCCO.O. The fourth-order valence-electron chi connectivity index (χ4n) is 0.550. The lowest BCUT2D eigenvalue weighted by Gasteiger charge is -1.94. The number of aliphatic hydroxyl groups excluding tert-OH is 1. The van der Waals surface area contributed by atoms with Crippen LogP contribution in [0.2, 0.25) is 0 Å². The van der Waals surface area contributed by atoms with Gasteiger partial charge in [-0.1, -0.05) is 6.92 Å². The monoisotopic (exact) mass is 212 g/mol. The third-order valence-electron chi connectivity index (χ3n) is 1.21. The summed E-state index contributed by atoms with van der Waals surface area (Å²) in [5.74, 6) is 0. The molecular formula is C8H24N2O4. The van der Waals surface area contributed by atoms with Crippen molar-refractivity contribution in [3.8, 4) is 0 Å². The van der Waals surface area contributed by atoms with E-state index >= 15 is 0 Å². The largest absolute Gasteiger partial charge is 0.412 e. The summed E-state index contributed by atoms with van der Waals surface area (Å²) in [7, 11) is 1.87. The molecule has 0 spiro atoms. The molecule has 6 heteroatoms. The van der Waals surface area contributed by atoms with Crippen molar-refractivity contribution < 1.29 is 20.7 Å². The summed E-state index contributed by atoms with van der Waals surface area (Å²) >= 11 is 0. The minimum absolute atomic E-state index is 0. The molecule has 0 aliphatic heterocycles. The molecule has 0 radical (unpaired) electrons. The van der Waals surface area contributed by atoms with Crippen LogP contribution in [0.25, 0.3) is 0 Å². The Kier molecular flexibility index (Phi) is 31.8. The van der Waals surface area contributed by atoms with E-state index in [1.54, 1.807) is 0 Å². The topological polar surface area (TPSA) is 105 Å². The van der Waals surface area contributed by atoms with Gasteiger partial charge in [-0.3, -0.25) is 5.26 Å². The molecule has 0 aromatic carbocycles. The van der Waals surface area contributed by atoms with Crippen LogP contribution in [0.15, 0.2) is 0 Å². The summed E-state index contributed by atoms with van der Waals surface area (Å²) in [6.07, 6.45) is 0.858. The van der Waals surface area contributed by atoms with Gasteiger partial charge in [-0.05, 0) is 26.6 Å². The van der Waals surface area contributed by atoms with Gasteiger partial charge in [0.15, 0.2) is 0 Å². The Balaban J connectivity index is -0.000000163. The van der Waals surface area contributed by atoms with Crippen molar-refractivity contribution in [3.63, 3.8) is 0 Å². The second-order valence-corrected chi connectivity index (χ2v) is 2.37. The van der Waals surface area contributed by atoms with Gasteiger partial charge in [-0.15, -0.1) is 0 Å². The van der Waals surface area contributed by atoms with Gasteiger partial charge < -0.3 is 21.2 Å². The van der Waals surface area contributed by atoms with Crippen molar-refractivity contribution >= 4 is 0 Å². The Bertz CT molecular complexity index is 68.4. The predicted octanol–water partition coefficient (Wildman–Crippen LogP) is -1.15. The molecular weight excluding hydrogens is 188 g/mol. The number of hydrogen-bond acceptors (Lipinski definition) is 5. The summed E-state index contributed by atoms with van der Waals surface area (Å²) < 4.78 is 0. The smallest absolute Gasteiger partial charge is 0.0944 e. The first-order valence-corrected chi connectivity index (χ1v) is 4.56. The highest BCUT2D eigenvalue weighted by atomic mass is 17.1. The summed E-state index contributed by atoms with van der Waals surface area (Å²) in [6.45, 7) is 5.21. The lowest BCUT2D eigenvalue weighted by atomic mass is 10.5. The van der Waals surface area contributed by atoms with Crippen LogP contribution in [0.5, 0.6) is 0 Å². The second-order valence-electron chi connectivity index (χ2n) is 2.37. The summed E-state index contributed by atoms with van der Waals surface area (Å²) in [5, 5.41) is 21.8. The standard InChI is InChI=1S/C4H11NO2.C4H11NO.H2O/c1-2-5-3-4-7-6;1-5-3-2-4-6;/h5-6H,2-4H2,1H3;5-6H,2-4H2,1H3;1H2. The molecule has 0 heterocycles. The molecule has 0 unspecified atom stereocenters. The molecule has 0 aromatic rings. The van der Waals surface area contributed by atoms with Gasteiger partial charge in [0.1, 0.15) is 0 Å². The van der Waals surface area contributed by atoms with E-state index in [1.807, 2.05) is 14.0 Å². The van der Waals surface area contributed by atoms with Crippen molar-refractivity contribution in [3.05, 3.63) is 0 Å². The molecule has 0 bridgehead atoms. The summed E-state index contributed by atoms with van der Waals surface area (Å²) in [6, 6.07) is 0. The van der Waals surface area contributed by atoms with Crippen molar-refractivity contribution in [1.29, 1.82) is 0 Å². The number of likely N-dealkylation sites (N-methyl/N-ethyl adjacent to an activating group) is 1. The highest BCUT2D eigenvalue weighted by Crippen LogP contribution is 1.66. The normalized spacial score (nSPS) is 8.57. The highest BCUT2D eigenvalue weighted by molar-refractivity contribution is 4.36. The zero-order valence-electron chi connectivity index (χ0n) is 9.05. The Hall–Kier alpha value is -0.240. The molecule has 0 aromatic heterocycles. The lowest BCUT2D eigenvalue weighted by Crippen LogP contribution is -2.17. The van der Waals surface area contributed by atoms with E-state index in [2.05, 4.69) is 15.5 Å². The first kappa shape index (κ1) is 19.4. The Morgan fingerprint density at radius 1 is 1.29 bits per heavy atom. The number of aliphatic hydroxyl groups is 1. The van der Waals surface area contributed by atoms with Gasteiger partial charge in [-0.25, -0.2) is 4.89 Å². The zero-order chi connectivity index (χ0) is 10.4. The van der Waals surface area contributed by atoms with Gasteiger partial charge in [0.05, 0.1) is 6.61 Å². The molecule has 6 nitrogen and oxygen atoms in total. The quantitative estimate of drug-likeness (QED) is 0.242. The molecule has 0 saturated heterocycles. The number of hydrogen-bond donors (Lipinski definition) is 4. The van der Waals surface area contributed by atoms with E-state index in [9.17, 15) is 0 Å². The Morgan fingerprint density at radius 2 is 1.93 bits per heavy atom. The van der Waals surface area contributed by atoms with Crippen LogP contribution in [0, 0.1) is 0 Å². The maximum Gasteiger partial charge on any atom is 0.0944 e. The molecule has 6 N–H and O–H groups in total. The molecule has 90 valence electrons. The predicted molar refractivity (Wildman–Crippen MR) is 56.4 cm³/mol. The van der Waals surface area contributed by atoms with Crippen molar-refractivity contribution in [2.24, 2.45) is 0 Å². The maximum atomic E-state index is 8.16. The van der Waals surface area contributed by atoms with Crippen molar-refractivity contribution in [2.75, 3.05) is 39.9 Å². The molecule has 0 fully saturated rings. The highest BCUT2D eigenvalue weighted by Gasteiger charge is 1.78. The van der Waals surface area contributed by atoms with E-state index < -0.39 is 0 Å². The van der Waals surface area contributed by atoms with Crippen LogP contribution in [0.3, 0.4) is 0 Å². The molecule has 14 heavy (non-hydrogen) atoms. The van der Waals surface area contributed by atoms with Gasteiger partial charge in [0, 0.05) is 13.2 Å². The average Bonchev–Trinajstić information content (AvgIpc) is 2.17. The zero-order valence-corrected chi connectivity index (χ0v) is 9.05. The lowest BCUT2D eigenvalue weighted by molar-refractivity contribution is -0.240. The van der Waals surface area contributed by atoms with Crippen LogP contribution in [0.1, 0.15) is 13.3 Å². The first-order chi connectivity index (χ1) is 6.33. The Labute approximate surface area is 85.5 Å². The van der Waals surface area contributed by atoms with Gasteiger partial charge >= 0.3 is 0 Å². The number of nitrogens with one attached hydrogen (secondary N) is 2. The maximum absolute atomic E-state index is 8.16. The van der Waals surface area contributed by atoms with Crippen molar-refractivity contribution in [2.45, 2.75) is 13.3 Å². The summed E-state index contributed by atoms with van der Waals surface area (Å²) in [5.41, 5.74) is 0. The third-order valence-corrected chi connectivity index (χ3v) is 1.21. The minimum Gasteiger partial charge on any atom is -0.412 e. The van der Waals surface area contributed by atoms with Crippen molar-refractivity contribution in [1.82, 2.24) is 10.6 Å². The van der Waals surface area contributed by atoms with E-state index in [0.717, 1.165) is 19.5 Å². The van der Waals surface area contributed by atoms with Gasteiger partial charge in [0.25, 0.3) is 0 Å². The van der Waals surface area contributed by atoms with E-state index in [1.165, 1.54) is 0 Å². The summed E-state index contributed by atoms with van der Waals surface area (Å²) in [4.78, 5) is 3.78. The van der Waals surface area contributed by atoms with Crippen LogP contribution >= 0.6 is 0 Å².